The fourth-order valence-electron chi connectivity index (χ4n) is 2.82. The smallest absolute Gasteiger partial charge is 0.219 e. The lowest BCUT2D eigenvalue weighted by Crippen LogP contribution is -2.42. The summed E-state index contributed by atoms with van der Waals surface area (Å²) in [5, 5.41) is 1.21. The minimum atomic E-state index is -0.209. The first kappa shape index (κ1) is 13.7. The van der Waals surface area contributed by atoms with E-state index in [0.717, 1.165) is 13.0 Å². The van der Waals surface area contributed by atoms with Crippen molar-refractivity contribution in [1.29, 1.82) is 0 Å². The zero-order chi connectivity index (χ0) is 13.2. The lowest BCUT2D eigenvalue weighted by atomic mass is 9.95. The summed E-state index contributed by atoms with van der Waals surface area (Å²) in [4.78, 5) is 2.29. The fraction of sp³-hybridized carbons (Fsp3) is 0.571. The molecule has 2 aliphatic rings. The molecule has 0 aromatic heterocycles. The average Bonchev–Trinajstić information content (AvgIpc) is 2.96. The first-order valence-electron chi connectivity index (χ1n) is 6.69. The Bertz CT molecular complexity index is 449. The SMILES string of the molecule is Clc1ccc(C2CCCCN2C2OCCO2)cc1Cl. The predicted octanol–water partition coefficient (Wildman–Crippen LogP) is 3.85. The van der Waals surface area contributed by atoms with Gasteiger partial charge in [0.15, 0.2) is 0 Å². The highest BCUT2D eigenvalue weighted by atomic mass is 35.5. The molecule has 0 radical (unpaired) electrons. The molecular weight excluding hydrogens is 285 g/mol. The molecule has 0 bridgehead atoms. The molecule has 104 valence electrons. The highest BCUT2D eigenvalue weighted by molar-refractivity contribution is 6.42. The fourth-order valence-corrected chi connectivity index (χ4v) is 3.13. The van der Waals surface area contributed by atoms with Gasteiger partial charge in [-0.15, -0.1) is 0 Å². The van der Waals surface area contributed by atoms with Crippen molar-refractivity contribution in [3.63, 3.8) is 0 Å². The van der Waals surface area contributed by atoms with Gasteiger partial charge >= 0.3 is 0 Å². The molecule has 2 saturated heterocycles. The van der Waals surface area contributed by atoms with Crippen molar-refractivity contribution in [2.24, 2.45) is 0 Å². The molecule has 0 spiro atoms. The van der Waals surface area contributed by atoms with Crippen LogP contribution in [0.4, 0.5) is 0 Å². The molecule has 2 heterocycles. The van der Waals surface area contributed by atoms with Gasteiger partial charge in [0.2, 0.25) is 6.41 Å². The number of hydrogen-bond acceptors (Lipinski definition) is 3. The first-order valence-corrected chi connectivity index (χ1v) is 7.45. The zero-order valence-corrected chi connectivity index (χ0v) is 12.2. The number of likely N-dealkylation sites (tertiary alicyclic amines) is 1. The highest BCUT2D eigenvalue weighted by Gasteiger charge is 2.33. The number of rotatable bonds is 2. The Hall–Kier alpha value is -0.320. The van der Waals surface area contributed by atoms with E-state index in [0.29, 0.717) is 29.3 Å². The quantitative estimate of drug-likeness (QED) is 0.828. The Kier molecular flexibility index (Phi) is 4.30. The van der Waals surface area contributed by atoms with Crippen LogP contribution in [0.2, 0.25) is 10.0 Å². The maximum absolute atomic E-state index is 6.13. The monoisotopic (exact) mass is 301 g/mol. The van der Waals surface area contributed by atoms with Gasteiger partial charge in [-0.2, -0.15) is 0 Å². The number of piperidine rings is 1. The summed E-state index contributed by atoms with van der Waals surface area (Å²) >= 11 is 12.1. The van der Waals surface area contributed by atoms with Crippen molar-refractivity contribution < 1.29 is 9.47 Å². The van der Waals surface area contributed by atoms with Gasteiger partial charge in [0, 0.05) is 12.6 Å². The Balaban J connectivity index is 1.84. The van der Waals surface area contributed by atoms with Crippen LogP contribution in [0.1, 0.15) is 30.9 Å². The molecule has 2 fully saturated rings. The summed E-state index contributed by atoms with van der Waals surface area (Å²) in [7, 11) is 0. The largest absolute Gasteiger partial charge is 0.337 e. The summed E-state index contributed by atoms with van der Waals surface area (Å²) in [5.74, 6) is 0. The van der Waals surface area contributed by atoms with Gasteiger partial charge in [-0.25, -0.2) is 4.90 Å². The molecule has 3 rings (SSSR count). The van der Waals surface area contributed by atoms with Crippen LogP contribution in [0.5, 0.6) is 0 Å². The molecular formula is C14H17Cl2NO2. The zero-order valence-electron chi connectivity index (χ0n) is 10.6. The third-order valence-electron chi connectivity index (χ3n) is 3.75. The topological polar surface area (TPSA) is 21.7 Å². The summed E-state index contributed by atoms with van der Waals surface area (Å²) in [6.45, 7) is 2.35. The Labute approximate surface area is 123 Å². The second-order valence-corrected chi connectivity index (χ2v) is 5.79. The molecule has 0 saturated carbocycles. The third kappa shape index (κ3) is 2.91. The lowest BCUT2D eigenvalue weighted by molar-refractivity contribution is -0.175. The summed E-state index contributed by atoms with van der Waals surface area (Å²) in [5.41, 5.74) is 1.19. The minimum Gasteiger partial charge on any atom is -0.337 e. The van der Waals surface area contributed by atoms with Crippen molar-refractivity contribution in [3.8, 4) is 0 Å². The van der Waals surface area contributed by atoms with Crippen molar-refractivity contribution in [2.75, 3.05) is 19.8 Å². The minimum absolute atomic E-state index is 0.209. The van der Waals surface area contributed by atoms with Crippen LogP contribution in [0, 0.1) is 0 Å². The van der Waals surface area contributed by atoms with Crippen molar-refractivity contribution in [2.45, 2.75) is 31.7 Å². The lowest BCUT2D eigenvalue weighted by Gasteiger charge is -2.38. The van der Waals surface area contributed by atoms with E-state index < -0.39 is 0 Å². The van der Waals surface area contributed by atoms with Gasteiger partial charge in [0.25, 0.3) is 0 Å². The van der Waals surface area contributed by atoms with Crippen molar-refractivity contribution >= 4 is 23.2 Å². The molecule has 1 aromatic carbocycles. The van der Waals surface area contributed by atoms with E-state index in [9.17, 15) is 0 Å². The molecule has 0 aliphatic carbocycles. The van der Waals surface area contributed by atoms with E-state index in [4.69, 9.17) is 32.7 Å². The molecule has 3 nitrogen and oxygen atoms in total. The number of ether oxygens (including phenoxy) is 2. The molecule has 1 unspecified atom stereocenters. The van der Waals surface area contributed by atoms with E-state index in [1.807, 2.05) is 18.2 Å². The maximum Gasteiger partial charge on any atom is 0.219 e. The second-order valence-electron chi connectivity index (χ2n) is 4.97. The van der Waals surface area contributed by atoms with Gasteiger partial charge in [-0.05, 0) is 30.5 Å². The standard InChI is InChI=1S/C14H17Cl2NO2/c15-11-5-4-10(9-12(11)16)13-3-1-2-6-17(13)14-18-7-8-19-14/h4-5,9,13-14H,1-3,6-8H2. The van der Waals surface area contributed by atoms with Crippen molar-refractivity contribution in [3.05, 3.63) is 33.8 Å². The second kappa shape index (κ2) is 5.98. The van der Waals surface area contributed by atoms with E-state index in [2.05, 4.69) is 4.90 Å². The Morgan fingerprint density at radius 2 is 1.84 bits per heavy atom. The predicted molar refractivity (Wildman–Crippen MR) is 75.5 cm³/mol. The summed E-state index contributed by atoms with van der Waals surface area (Å²) < 4.78 is 11.3. The molecule has 1 atom stereocenters. The summed E-state index contributed by atoms with van der Waals surface area (Å²) in [6.07, 6.45) is 3.29. The maximum atomic E-state index is 6.13. The van der Waals surface area contributed by atoms with Crippen LogP contribution >= 0.6 is 23.2 Å². The molecule has 5 heteroatoms. The summed E-state index contributed by atoms with van der Waals surface area (Å²) in [6, 6.07) is 6.17. The van der Waals surface area contributed by atoms with Gasteiger partial charge in [0.05, 0.1) is 23.3 Å². The average molecular weight is 302 g/mol. The van der Waals surface area contributed by atoms with Gasteiger partial charge in [-0.1, -0.05) is 35.7 Å². The molecule has 2 aliphatic heterocycles. The molecule has 0 amide bonds. The number of nitrogens with zero attached hydrogens (tertiary/aromatic N) is 1. The Morgan fingerprint density at radius 3 is 2.58 bits per heavy atom. The van der Waals surface area contributed by atoms with E-state index >= 15 is 0 Å². The first-order chi connectivity index (χ1) is 9.25. The van der Waals surface area contributed by atoms with Crippen molar-refractivity contribution in [1.82, 2.24) is 4.90 Å². The highest BCUT2D eigenvalue weighted by Crippen LogP contribution is 2.36. The van der Waals surface area contributed by atoms with Crippen LogP contribution in [-0.2, 0) is 9.47 Å². The molecule has 0 N–H and O–H groups in total. The molecule has 1 aromatic rings. The van der Waals surface area contributed by atoms with Gasteiger partial charge in [0.1, 0.15) is 0 Å². The van der Waals surface area contributed by atoms with E-state index in [1.165, 1.54) is 18.4 Å². The molecule has 19 heavy (non-hydrogen) atoms. The van der Waals surface area contributed by atoms with Gasteiger partial charge < -0.3 is 9.47 Å². The van der Waals surface area contributed by atoms with E-state index in [-0.39, 0.29) is 6.41 Å². The van der Waals surface area contributed by atoms with Crippen LogP contribution < -0.4 is 0 Å². The Morgan fingerprint density at radius 1 is 1.05 bits per heavy atom. The van der Waals surface area contributed by atoms with Crippen LogP contribution in [0.3, 0.4) is 0 Å². The third-order valence-corrected chi connectivity index (χ3v) is 4.49. The van der Waals surface area contributed by atoms with Crippen LogP contribution in [0.15, 0.2) is 18.2 Å². The van der Waals surface area contributed by atoms with Crippen LogP contribution in [0.25, 0.3) is 0 Å². The number of benzene rings is 1. The van der Waals surface area contributed by atoms with Crippen LogP contribution in [-0.4, -0.2) is 31.1 Å². The number of halogens is 2. The number of hydrogen-bond donors (Lipinski definition) is 0. The van der Waals surface area contributed by atoms with E-state index in [1.54, 1.807) is 0 Å². The normalized spacial score (nSPS) is 25.9. The van der Waals surface area contributed by atoms with Gasteiger partial charge in [-0.3, -0.25) is 0 Å².